The first kappa shape index (κ1) is 16.5. The Kier molecular flexibility index (Phi) is 4.38. The van der Waals surface area contributed by atoms with E-state index >= 15 is 0 Å². The molecule has 3 rings (SSSR count). The Morgan fingerprint density at radius 1 is 1.20 bits per heavy atom. The van der Waals surface area contributed by atoms with E-state index in [4.69, 9.17) is 9.47 Å². The fourth-order valence-electron chi connectivity index (χ4n) is 2.51. The lowest BCUT2D eigenvalue weighted by Gasteiger charge is -2.08. The van der Waals surface area contributed by atoms with Gasteiger partial charge in [-0.1, -0.05) is 12.1 Å². The van der Waals surface area contributed by atoms with Crippen molar-refractivity contribution in [2.75, 3.05) is 6.61 Å². The normalized spacial score (nSPS) is 10.6. The summed E-state index contributed by atoms with van der Waals surface area (Å²) in [7, 11) is 0. The first-order valence-electron chi connectivity index (χ1n) is 7.71. The summed E-state index contributed by atoms with van der Waals surface area (Å²) in [4.78, 5) is 25.6. The van der Waals surface area contributed by atoms with Crippen LogP contribution in [0.5, 0.6) is 11.5 Å². The van der Waals surface area contributed by atoms with Crippen LogP contribution in [-0.2, 0) is 4.74 Å². The molecule has 0 saturated heterocycles. The molecule has 1 heterocycles. The first-order valence-corrected chi connectivity index (χ1v) is 7.71. The molecule has 0 amide bonds. The zero-order valence-electron chi connectivity index (χ0n) is 13.7. The lowest BCUT2D eigenvalue weighted by atomic mass is 10.2. The summed E-state index contributed by atoms with van der Waals surface area (Å²) in [5.41, 5.74) is 1.69. The third-order valence-electron chi connectivity index (χ3n) is 3.65. The van der Waals surface area contributed by atoms with Crippen LogP contribution in [0.1, 0.15) is 23.0 Å². The molecule has 0 aliphatic carbocycles. The van der Waals surface area contributed by atoms with Crippen LogP contribution in [0.15, 0.2) is 42.5 Å². The summed E-state index contributed by atoms with van der Waals surface area (Å²) >= 11 is 0. The van der Waals surface area contributed by atoms with Crippen LogP contribution in [0, 0.1) is 17.0 Å². The van der Waals surface area contributed by atoms with E-state index in [1.54, 1.807) is 43.3 Å². The summed E-state index contributed by atoms with van der Waals surface area (Å²) in [6.07, 6.45) is 0. The summed E-state index contributed by atoms with van der Waals surface area (Å²) in [6, 6.07) is 11.5. The minimum Gasteiger partial charge on any atom is -0.461 e. The van der Waals surface area contributed by atoms with Gasteiger partial charge in [-0.2, -0.15) is 0 Å². The van der Waals surface area contributed by atoms with E-state index in [0.29, 0.717) is 22.3 Å². The van der Waals surface area contributed by atoms with E-state index < -0.39 is 10.9 Å². The number of aromatic amines is 1. The van der Waals surface area contributed by atoms with Crippen molar-refractivity contribution >= 4 is 22.6 Å². The molecule has 0 fully saturated rings. The van der Waals surface area contributed by atoms with E-state index in [1.165, 1.54) is 6.07 Å². The van der Waals surface area contributed by atoms with Gasteiger partial charge in [-0.3, -0.25) is 10.1 Å². The number of carbonyl (C=O) groups is 1. The molecule has 3 aromatic rings. The maximum atomic E-state index is 11.9. The summed E-state index contributed by atoms with van der Waals surface area (Å²) in [5, 5.41) is 11.9. The van der Waals surface area contributed by atoms with Crippen molar-refractivity contribution in [3.8, 4) is 11.5 Å². The lowest BCUT2D eigenvalue weighted by molar-refractivity contribution is -0.385. The monoisotopic (exact) mass is 340 g/mol. The second-order valence-corrected chi connectivity index (χ2v) is 5.45. The van der Waals surface area contributed by atoms with E-state index in [-0.39, 0.29) is 18.0 Å². The van der Waals surface area contributed by atoms with E-state index in [0.717, 1.165) is 5.56 Å². The maximum absolute atomic E-state index is 11.9. The minimum atomic E-state index is -0.490. The Balaban J connectivity index is 2.04. The number of nitro groups is 1. The van der Waals surface area contributed by atoms with Gasteiger partial charge in [-0.15, -0.1) is 0 Å². The molecule has 7 nitrogen and oxygen atoms in total. The molecule has 25 heavy (non-hydrogen) atoms. The first-order chi connectivity index (χ1) is 12.0. The number of carbonyl (C=O) groups excluding carboxylic acids is 1. The molecule has 0 saturated carbocycles. The van der Waals surface area contributed by atoms with Crippen LogP contribution in [0.25, 0.3) is 10.9 Å². The quantitative estimate of drug-likeness (QED) is 0.423. The number of fused-ring (bicyclic) bond motifs is 1. The van der Waals surface area contributed by atoms with Crippen molar-refractivity contribution in [2.45, 2.75) is 13.8 Å². The molecule has 1 aromatic heterocycles. The number of hydrogen-bond acceptors (Lipinski definition) is 5. The SMILES string of the molecule is CCOC(=O)c1cc2c(Oc3cc(C)ccc3[N+](=O)[O-])cccc2[nH]1. The number of hydrogen-bond donors (Lipinski definition) is 1. The molecule has 0 radical (unpaired) electrons. The molecule has 2 aromatic carbocycles. The van der Waals surface area contributed by atoms with Crippen molar-refractivity contribution in [3.05, 3.63) is 63.8 Å². The molecule has 0 atom stereocenters. The number of rotatable bonds is 5. The fraction of sp³-hybridized carbons (Fsp3) is 0.167. The highest BCUT2D eigenvalue weighted by Gasteiger charge is 2.18. The number of nitro benzene ring substituents is 1. The number of H-pyrrole nitrogens is 1. The van der Waals surface area contributed by atoms with Crippen LogP contribution in [0.4, 0.5) is 5.69 Å². The van der Waals surface area contributed by atoms with Gasteiger partial charge in [0.2, 0.25) is 5.75 Å². The number of benzene rings is 2. The number of nitrogens with zero attached hydrogens (tertiary/aromatic N) is 1. The zero-order chi connectivity index (χ0) is 18.0. The van der Waals surface area contributed by atoms with Gasteiger partial charge in [0.25, 0.3) is 0 Å². The standard InChI is InChI=1S/C18H16N2O5/c1-3-24-18(21)14-10-12-13(19-14)5-4-6-16(12)25-17-9-11(2)7-8-15(17)20(22)23/h4-10,19H,3H2,1-2H3. The van der Waals surface area contributed by atoms with Crippen LogP contribution in [0.2, 0.25) is 0 Å². The number of aromatic nitrogens is 1. The Morgan fingerprint density at radius 2 is 2.00 bits per heavy atom. The van der Waals surface area contributed by atoms with Crippen LogP contribution >= 0.6 is 0 Å². The molecule has 0 spiro atoms. The fourth-order valence-corrected chi connectivity index (χ4v) is 2.51. The van der Waals surface area contributed by atoms with Crippen molar-refractivity contribution in [2.24, 2.45) is 0 Å². The number of ether oxygens (including phenoxy) is 2. The Labute approximate surface area is 143 Å². The summed E-state index contributed by atoms with van der Waals surface area (Å²) in [6.45, 7) is 3.82. The molecule has 0 bridgehead atoms. The van der Waals surface area contributed by atoms with Gasteiger partial charge >= 0.3 is 11.7 Å². The molecule has 128 valence electrons. The average Bonchev–Trinajstić information content (AvgIpc) is 3.00. The van der Waals surface area contributed by atoms with Crippen LogP contribution in [0.3, 0.4) is 0 Å². The number of aryl methyl sites for hydroxylation is 1. The molecule has 1 N–H and O–H groups in total. The number of nitrogens with one attached hydrogen (secondary N) is 1. The molecular formula is C18H16N2O5. The maximum Gasteiger partial charge on any atom is 0.354 e. The largest absolute Gasteiger partial charge is 0.461 e. The summed E-state index contributed by atoms with van der Waals surface area (Å²) < 4.78 is 10.8. The second kappa shape index (κ2) is 6.64. The van der Waals surface area contributed by atoms with Crippen molar-refractivity contribution in [1.82, 2.24) is 4.98 Å². The van der Waals surface area contributed by atoms with Crippen molar-refractivity contribution < 1.29 is 19.2 Å². The average molecular weight is 340 g/mol. The van der Waals surface area contributed by atoms with Crippen molar-refractivity contribution in [3.63, 3.8) is 0 Å². The van der Waals surface area contributed by atoms with Gasteiger partial charge in [-0.25, -0.2) is 4.79 Å². The van der Waals surface area contributed by atoms with Gasteiger partial charge in [0.05, 0.1) is 11.5 Å². The molecule has 0 aliphatic heterocycles. The van der Waals surface area contributed by atoms with E-state index in [9.17, 15) is 14.9 Å². The zero-order valence-corrected chi connectivity index (χ0v) is 13.7. The van der Waals surface area contributed by atoms with Gasteiger partial charge in [0.1, 0.15) is 11.4 Å². The van der Waals surface area contributed by atoms with E-state index in [2.05, 4.69) is 4.98 Å². The third kappa shape index (κ3) is 3.30. The molecule has 0 unspecified atom stereocenters. The molecular weight excluding hydrogens is 324 g/mol. The van der Waals surface area contributed by atoms with Crippen LogP contribution in [-0.4, -0.2) is 22.5 Å². The third-order valence-corrected chi connectivity index (χ3v) is 3.65. The highest BCUT2D eigenvalue weighted by molar-refractivity contribution is 5.97. The Morgan fingerprint density at radius 3 is 2.72 bits per heavy atom. The van der Waals surface area contributed by atoms with Gasteiger partial charge in [0, 0.05) is 17.0 Å². The Hall–Kier alpha value is -3.35. The highest BCUT2D eigenvalue weighted by Crippen LogP contribution is 2.36. The molecule has 7 heteroatoms. The van der Waals surface area contributed by atoms with Crippen LogP contribution < -0.4 is 4.74 Å². The smallest absolute Gasteiger partial charge is 0.354 e. The highest BCUT2D eigenvalue weighted by atomic mass is 16.6. The predicted octanol–water partition coefficient (Wildman–Crippen LogP) is 4.35. The molecule has 0 aliphatic rings. The van der Waals surface area contributed by atoms with Gasteiger partial charge < -0.3 is 14.5 Å². The van der Waals surface area contributed by atoms with Gasteiger partial charge in [-0.05, 0) is 43.7 Å². The summed E-state index contributed by atoms with van der Waals surface area (Å²) in [5.74, 6) is 0.0977. The Bertz CT molecular complexity index is 961. The predicted molar refractivity (Wildman–Crippen MR) is 92.2 cm³/mol. The van der Waals surface area contributed by atoms with Crippen molar-refractivity contribution in [1.29, 1.82) is 0 Å². The van der Waals surface area contributed by atoms with E-state index in [1.807, 2.05) is 6.92 Å². The second-order valence-electron chi connectivity index (χ2n) is 5.45. The lowest BCUT2D eigenvalue weighted by Crippen LogP contribution is -2.04. The number of esters is 1. The van der Waals surface area contributed by atoms with Gasteiger partial charge in [0.15, 0.2) is 0 Å². The topological polar surface area (TPSA) is 94.5 Å². The minimum absolute atomic E-state index is 0.122.